The van der Waals surface area contributed by atoms with Crippen molar-refractivity contribution in [2.24, 2.45) is 0 Å². The Balaban J connectivity index is 1.56. The van der Waals surface area contributed by atoms with E-state index in [0.29, 0.717) is 13.0 Å². The van der Waals surface area contributed by atoms with Crippen molar-refractivity contribution in [1.29, 1.82) is 0 Å². The maximum absolute atomic E-state index is 12.6. The molecule has 1 saturated heterocycles. The number of aromatic nitrogens is 2. The van der Waals surface area contributed by atoms with Gasteiger partial charge in [0.2, 0.25) is 5.91 Å². The Hall–Kier alpha value is -2.30. The molecule has 0 radical (unpaired) electrons. The SMILES string of the molecule is Cc1ccc(N2CCN(C(=O)CCn3ccnc3C)C(C)C2)cc1. The van der Waals surface area contributed by atoms with Crippen molar-refractivity contribution in [2.45, 2.75) is 39.8 Å². The Morgan fingerprint density at radius 3 is 2.58 bits per heavy atom. The summed E-state index contributed by atoms with van der Waals surface area (Å²) in [6.45, 7) is 9.48. The molecule has 0 aliphatic carbocycles. The van der Waals surface area contributed by atoms with E-state index in [-0.39, 0.29) is 11.9 Å². The minimum atomic E-state index is 0.233. The van der Waals surface area contributed by atoms with Crippen LogP contribution >= 0.6 is 0 Å². The van der Waals surface area contributed by atoms with Gasteiger partial charge in [0.1, 0.15) is 5.82 Å². The molecule has 1 amide bonds. The smallest absolute Gasteiger partial charge is 0.224 e. The molecule has 1 aliphatic heterocycles. The summed E-state index contributed by atoms with van der Waals surface area (Å²) < 4.78 is 2.03. The van der Waals surface area contributed by atoms with Gasteiger partial charge in [-0.15, -0.1) is 0 Å². The van der Waals surface area contributed by atoms with E-state index < -0.39 is 0 Å². The minimum absolute atomic E-state index is 0.233. The highest BCUT2D eigenvalue weighted by molar-refractivity contribution is 5.77. The fraction of sp³-hybridized carbons (Fsp3) is 0.474. The van der Waals surface area contributed by atoms with E-state index >= 15 is 0 Å². The third-order valence-corrected chi connectivity index (χ3v) is 4.84. The lowest BCUT2D eigenvalue weighted by molar-refractivity contribution is -0.133. The van der Waals surface area contributed by atoms with Gasteiger partial charge in [-0.2, -0.15) is 0 Å². The molecule has 0 bridgehead atoms. The summed E-state index contributed by atoms with van der Waals surface area (Å²) in [5.41, 5.74) is 2.52. The number of carbonyl (C=O) groups is 1. The van der Waals surface area contributed by atoms with Gasteiger partial charge in [0.05, 0.1) is 0 Å². The zero-order valence-electron chi connectivity index (χ0n) is 14.8. The van der Waals surface area contributed by atoms with Crippen LogP contribution in [0.25, 0.3) is 0 Å². The van der Waals surface area contributed by atoms with Crippen LogP contribution < -0.4 is 4.90 Å². The largest absolute Gasteiger partial charge is 0.368 e. The van der Waals surface area contributed by atoms with Crippen LogP contribution in [0.5, 0.6) is 0 Å². The van der Waals surface area contributed by atoms with E-state index in [4.69, 9.17) is 0 Å². The summed E-state index contributed by atoms with van der Waals surface area (Å²) in [6, 6.07) is 8.86. The molecule has 3 rings (SSSR count). The summed E-state index contributed by atoms with van der Waals surface area (Å²) in [5.74, 6) is 1.19. The number of nitrogens with zero attached hydrogens (tertiary/aromatic N) is 4. The van der Waals surface area contributed by atoms with Crippen LogP contribution in [0, 0.1) is 13.8 Å². The normalized spacial score (nSPS) is 18.0. The van der Waals surface area contributed by atoms with Gasteiger partial charge < -0.3 is 14.4 Å². The van der Waals surface area contributed by atoms with Crippen molar-refractivity contribution in [3.8, 4) is 0 Å². The molecular formula is C19H26N4O. The fourth-order valence-corrected chi connectivity index (χ4v) is 3.32. The topological polar surface area (TPSA) is 41.4 Å². The highest BCUT2D eigenvalue weighted by Crippen LogP contribution is 2.20. The van der Waals surface area contributed by atoms with Crippen LogP contribution in [0.15, 0.2) is 36.7 Å². The van der Waals surface area contributed by atoms with Gasteiger partial charge in [-0.25, -0.2) is 4.98 Å². The van der Waals surface area contributed by atoms with Crippen molar-refractivity contribution in [2.75, 3.05) is 24.5 Å². The third-order valence-electron chi connectivity index (χ3n) is 4.84. The summed E-state index contributed by atoms with van der Waals surface area (Å²) in [6.07, 6.45) is 4.25. The molecule has 0 spiro atoms. The summed E-state index contributed by atoms with van der Waals surface area (Å²) in [7, 11) is 0. The molecule has 2 heterocycles. The second-order valence-corrected chi connectivity index (χ2v) is 6.64. The van der Waals surface area contributed by atoms with Gasteiger partial charge in [-0.1, -0.05) is 17.7 Å². The van der Waals surface area contributed by atoms with E-state index in [1.807, 2.05) is 22.6 Å². The van der Waals surface area contributed by atoms with Gasteiger partial charge in [-0.05, 0) is 32.9 Å². The van der Waals surface area contributed by atoms with Crippen molar-refractivity contribution < 1.29 is 4.79 Å². The lowest BCUT2D eigenvalue weighted by Crippen LogP contribution is -2.54. The maximum Gasteiger partial charge on any atom is 0.224 e. The molecule has 1 aromatic heterocycles. The van der Waals surface area contributed by atoms with Gasteiger partial charge in [0.15, 0.2) is 0 Å². The lowest BCUT2D eigenvalue weighted by Gasteiger charge is -2.41. The second-order valence-electron chi connectivity index (χ2n) is 6.64. The zero-order valence-corrected chi connectivity index (χ0v) is 14.8. The van der Waals surface area contributed by atoms with Crippen LogP contribution in [0.3, 0.4) is 0 Å². The predicted molar refractivity (Wildman–Crippen MR) is 96.1 cm³/mol. The van der Waals surface area contributed by atoms with E-state index in [1.165, 1.54) is 11.3 Å². The van der Waals surface area contributed by atoms with Crippen LogP contribution in [-0.4, -0.2) is 46.0 Å². The number of piperazine rings is 1. The molecule has 2 aromatic rings. The van der Waals surface area contributed by atoms with Crippen LogP contribution in [0.4, 0.5) is 5.69 Å². The molecule has 128 valence electrons. The summed E-state index contributed by atoms with van der Waals surface area (Å²) in [4.78, 5) is 21.2. The average molecular weight is 326 g/mol. The Bertz CT molecular complexity index is 692. The number of benzene rings is 1. The van der Waals surface area contributed by atoms with Crippen LogP contribution in [0.1, 0.15) is 24.7 Å². The van der Waals surface area contributed by atoms with E-state index in [9.17, 15) is 4.79 Å². The molecule has 24 heavy (non-hydrogen) atoms. The number of imidazole rings is 1. The number of rotatable bonds is 4. The number of amides is 1. The highest BCUT2D eigenvalue weighted by atomic mass is 16.2. The van der Waals surface area contributed by atoms with Gasteiger partial charge in [-0.3, -0.25) is 4.79 Å². The van der Waals surface area contributed by atoms with Crippen LogP contribution in [-0.2, 0) is 11.3 Å². The zero-order chi connectivity index (χ0) is 17.1. The first kappa shape index (κ1) is 16.6. The molecule has 1 fully saturated rings. The number of aryl methyl sites for hydroxylation is 3. The second kappa shape index (κ2) is 7.07. The Kier molecular flexibility index (Phi) is 4.88. The molecule has 1 atom stereocenters. The third kappa shape index (κ3) is 3.61. The standard InChI is InChI=1S/C19H26N4O/c1-15-4-6-18(7-5-15)22-12-13-23(16(2)14-22)19(24)8-10-21-11-9-20-17(21)3/h4-7,9,11,16H,8,10,12-14H2,1-3H3. The fourth-order valence-electron chi connectivity index (χ4n) is 3.32. The molecular weight excluding hydrogens is 300 g/mol. The predicted octanol–water partition coefficient (Wildman–Crippen LogP) is 2.63. The monoisotopic (exact) mass is 326 g/mol. The van der Waals surface area contributed by atoms with Gasteiger partial charge in [0, 0.05) is 56.7 Å². The van der Waals surface area contributed by atoms with E-state index in [2.05, 4.69) is 48.0 Å². The number of hydrogen-bond donors (Lipinski definition) is 0. The van der Waals surface area contributed by atoms with Crippen molar-refractivity contribution >= 4 is 11.6 Å². The molecule has 0 saturated carbocycles. The first-order chi connectivity index (χ1) is 11.5. The Morgan fingerprint density at radius 1 is 1.21 bits per heavy atom. The van der Waals surface area contributed by atoms with Crippen molar-refractivity contribution in [3.63, 3.8) is 0 Å². The molecule has 0 N–H and O–H groups in total. The van der Waals surface area contributed by atoms with E-state index in [0.717, 1.165) is 25.5 Å². The molecule has 5 nitrogen and oxygen atoms in total. The Morgan fingerprint density at radius 2 is 1.96 bits per heavy atom. The molecule has 1 aliphatic rings. The average Bonchev–Trinajstić information content (AvgIpc) is 2.98. The molecule has 1 aromatic carbocycles. The van der Waals surface area contributed by atoms with Gasteiger partial charge >= 0.3 is 0 Å². The molecule has 1 unspecified atom stereocenters. The Labute approximate surface area is 143 Å². The van der Waals surface area contributed by atoms with Crippen molar-refractivity contribution in [3.05, 3.63) is 48.0 Å². The summed E-state index contributed by atoms with van der Waals surface area (Å²) >= 11 is 0. The van der Waals surface area contributed by atoms with Crippen molar-refractivity contribution in [1.82, 2.24) is 14.5 Å². The maximum atomic E-state index is 12.6. The van der Waals surface area contributed by atoms with Crippen LogP contribution in [0.2, 0.25) is 0 Å². The quantitative estimate of drug-likeness (QED) is 0.867. The first-order valence-corrected chi connectivity index (χ1v) is 8.63. The van der Waals surface area contributed by atoms with E-state index in [1.54, 1.807) is 6.20 Å². The minimum Gasteiger partial charge on any atom is -0.368 e. The van der Waals surface area contributed by atoms with Gasteiger partial charge in [0.25, 0.3) is 0 Å². The highest BCUT2D eigenvalue weighted by Gasteiger charge is 2.27. The number of hydrogen-bond acceptors (Lipinski definition) is 3. The first-order valence-electron chi connectivity index (χ1n) is 8.63. The molecule has 5 heteroatoms. The lowest BCUT2D eigenvalue weighted by atomic mass is 10.1. The number of carbonyl (C=O) groups excluding carboxylic acids is 1. The number of anilines is 1. The summed E-state index contributed by atoms with van der Waals surface area (Å²) in [5, 5.41) is 0.